The Kier molecular flexibility index (Phi) is 6.25. The minimum Gasteiger partial charge on any atom is -0.394 e. The fraction of sp³-hybridized carbons (Fsp3) is 0.400. The van der Waals surface area contributed by atoms with E-state index in [9.17, 15) is 4.79 Å². The first kappa shape index (κ1) is 15.9. The lowest BCUT2D eigenvalue weighted by molar-refractivity contribution is -0.117. The van der Waals surface area contributed by atoms with Crippen LogP contribution in [0, 0.1) is 5.92 Å². The molecule has 104 valence electrons. The van der Waals surface area contributed by atoms with Gasteiger partial charge < -0.3 is 10.4 Å². The van der Waals surface area contributed by atoms with E-state index in [1.807, 2.05) is 24.3 Å². The van der Waals surface area contributed by atoms with Crippen molar-refractivity contribution >= 4 is 27.4 Å². The molecule has 1 atom stereocenters. The summed E-state index contributed by atoms with van der Waals surface area (Å²) in [5.74, 6) is 0.0736. The van der Waals surface area contributed by atoms with E-state index >= 15 is 0 Å². The molecule has 0 saturated heterocycles. The Balaban J connectivity index is 2.94. The number of aliphatic hydroxyl groups is 1. The molecule has 0 aromatic heterocycles. The van der Waals surface area contributed by atoms with Gasteiger partial charge in [-0.05, 0) is 36.1 Å². The maximum absolute atomic E-state index is 11.9. The van der Waals surface area contributed by atoms with Crippen molar-refractivity contribution in [1.29, 1.82) is 0 Å². The predicted molar refractivity (Wildman–Crippen MR) is 81.6 cm³/mol. The first-order chi connectivity index (χ1) is 8.93. The zero-order valence-electron chi connectivity index (χ0n) is 11.5. The van der Waals surface area contributed by atoms with Crippen LogP contribution in [0.25, 0.3) is 5.57 Å². The molecule has 1 unspecified atom stereocenters. The second-order valence-corrected chi connectivity index (χ2v) is 5.77. The maximum atomic E-state index is 11.9. The first-order valence-electron chi connectivity index (χ1n) is 6.33. The summed E-state index contributed by atoms with van der Waals surface area (Å²) in [4.78, 5) is 11.9. The zero-order chi connectivity index (χ0) is 14.4. The summed E-state index contributed by atoms with van der Waals surface area (Å²) >= 11 is 3.40. The van der Waals surface area contributed by atoms with Crippen molar-refractivity contribution in [2.24, 2.45) is 5.92 Å². The molecule has 3 nitrogen and oxygen atoms in total. The van der Waals surface area contributed by atoms with Crippen molar-refractivity contribution in [1.82, 2.24) is 5.32 Å². The van der Waals surface area contributed by atoms with Crippen LogP contribution in [0.1, 0.15) is 26.3 Å². The Morgan fingerprint density at radius 1 is 1.32 bits per heavy atom. The predicted octanol–water partition coefficient (Wildman–Crippen LogP) is 2.99. The lowest BCUT2D eigenvalue weighted by Crippen LogP contribution is -2.34. The van der Waals surface area contributed by atoms with Crippen molar-refractivity contribution in [2.45, 2.75) is 26.8 Å². The van der Waals surface area contributed by atoms with Crippen LogP contribution in [0.15, 0.2) is 34.8 Å². The lowest BCUT2D eigenvalue weighted by atomic mass is 9.95. The van der Waals surface area contributed by atoms with Crippen LogP contribution in [-0.2, 0) is 4.79 Å². The SMILES string of the molecule is CC(CO)NC(=O)/C=C(/c1ccc(Br)cc1)C(C)C. The molecule has 4 heteroatoms. The molecule has 0 spiro atoms. The lowest BCUT2D eigenvalue weighted by Gasteiger charge is -2.14. The summed E-state index contributed by atoms with van der Waals surface area (Å²) in [6, 6.07) is 7.65. The number of carbonyl (C=O) groups excluding carboxylic acids is 1. The average Bonchev–Trinajstić information content (AvgIpc) is 2.36. The fourth-order valence-corrected chi connectivity index (χ4v) is 1.96. The van der Waals surface area contributed by atoms with E-state index in [-0.39, 0.29) is 24.5 Å². The molecule has 0 aliphatic rings. The normalized spacial score (nSPS) is 13.5. The zero-order valence-corrected chi connectivity index (χ0v) is 13.1. The topological polar surface area (TPSA) is 49.3 Å². The molecule has 1 rings (SSSR count). The van der Waals surface area contributed by atoms with Crippen molar-refractivity contribution in [2.75, 3.05) is 6.61 Å². The maximum Gasteiger partial charge on any atom is 0.244 e. The number of nitrogens with one attached hydrogen (secondary N) is 1. The summed E-state index contributed by atoms with van der Waals surface area (Å²) < 4.78 is 1.01. The molecule has 1 aromatic rings. The summed E-state index contributed by atoms with van der Waals surface area (Å²) in [5.41, 5.74) is 2.01. The van der Waals surface area contributed by atoms with Crippen LogP contribution < -0.4 is 5.32 Å². The van der Waals surface area contributed by atoms with Gasteiger partial charge in [-0.3, -0.25) is 4.79 Å². The number of halogens is 1. The highest BCUT2D eigenvalue weighted by Crippen LogP contribution is 2.24. The molecule has 0 aliphatic carbocycles. The summed E-state index contributed by atoms with van der Waals surface area (Å²) in [7, 11) is 0. The minimum atomic E-state index is -0.234. The minimum absolute atomic E-state index is 0.0606. The van der Waals surface area contributed by atoms with Gasteiger partial charge in [0, 0.05) is 16.6 Å². The van der Waals surface area contributed by atoms with Crippen LogP contribution in [0.3, 0.4) is 0 Å². The monoisotopic (exact) mass is 325 g/mol. The number of allylic oxidation sites excluding steroid dienone is 1. The molecule has 0 aliphatic heterocycles. The van der Waals surface area contributed by atoms with Gasteiger partial charge in [0.1, 0.15) is 0 Å². The van der Waals surface area contributed by atoms with Gasteiger partial charge in [-0.25, -0.2) is 0 Å². The average molecular weight is 326 g/mol. The Hall–Kier alpha value is -1.13. The van der Waals surface area contributed by atoms with Gasteiger partial charge in [0.05, 0.1) is 6.61 Å². The second kappa shape index (κ2) is 7.46. The highest BCUT2D eigenvalue weighted by Gasteiger charge is 2.10. The van der Waals surface area contributed by atoms with Crippen LogP contribution in [-0.4, -0.2) is 23.7 Å². The Morgan fingerprint density at radius 3 is 2.37 bits per heavy atom. The summed E-state index contributed by atoms with van der Waals surface area (Å²) in [6.45, 7) is 5.81. The van der Waals surface area contributed by atoms with Gasteiger partial charge in [0.2, 0.25) is 5.91 Å². The van der Waals surface area contributed by atoms with Crippen molar-refractivity contribution in [3.8, 4) is 0 Å². The third-order valence-electron chi connectivity index (χ3n) is 2.75. The number of aliphatic hydroxyl groups excluding tert-OH is 1. The molecule has 2 N–H and O–H groups in total. The van der Waals surface area contributed by atoms with E-state index in [4.69, 9.17) is 5.11 Å². The molecule has 19 heavy (non-hydrogen) atoms. The van der Waals surface area contributed by atoms with Gasteiger partial charge >= 0.3 is 0 Å². The first-order valence-corrected chi connectivity index (χ1v) is 7.12. The smallest absolute Gasteiger partial charge is 0.244 e. The standard InChI is InChI=1S/C15H20BrNO2/c1-10(2)14(8-15(19)17-11(3)9-18)12-4-6-13(16)7-5-12/h4-8,10-11,18H,9H2,1-3H3,(H,17,19)/b14-8+. The highest BCUT2D eigenvalue weighted by molar-refractivity contribution is 9.10. The van der Waals surface area contributed by atoms with Crippen molar-refractivity contribution in [3.05, 3.63) is 40.4 Å². The van der Waals surface area contributed by atoms with E-state index in [0.29, 0.717) is 0 Å². The molecule has 0 bridgehead atoms. The molecule has 0 saturated carbocycles. The third kappa shape index (κ3) is 5.17. The van der Waals surface area contributed by atoms with Gasteiger partial charge in [0.25, 0.3) is 0 Å². The largest absolute Gasteiger partial charge is 0.394 e. The molecule has 1 aromatic carbocycles. The van der Waals surface area contributed by atoms with Crippen LogP contribution in [0.5, 0.6) is 0 Å². The molecule has 0 heterocycles. The Bertz CT molecular complexity index is 452. The van der Waals surface area contributed by atoms with Gasteiger partial charge in [-0.15, -0.1) is 0 Å². The van der Waals surface area contributed by atoms with Gasteiger partial charge in [0.15, 0.2) is 0 Å². The van der Waals surface area contributed by atoms with Gasteiger partial charge in [-0.1, -0.05) is 41.9 Å². The summed E-state index contributed by atoms with van der Waals surface area (Å²) in [5, 5.41) is 11.7. The molecular formula is C15H20BrNO2. The van der Waals surface area contributed by atoms with E-state index in [2.05, 4.69) is 35.1 Å². The second-order valence-electron chi connectivity index (χ2n) is 4.85. The number of carbonyl (C=O) groups is 1. The number of hydrogen-bond acceptors (Lipinski definition) is 2. The van der Waals surface area contributed by atoms with Crippen molar-refractivity contribution < 1.29 is 9.90 Å². The van der Waals surface area contributed by atoms with E-state index in [0.717, 1.165) is 15.6 Å². The number of benzene rings is 1. The van der Waals surface area contributed by atoms with E-state index in [1.165, 1.54) is 0 Å². The van der Waals surface area contributed by atoms with Crippen LogP contribution >= 0.6 is 15.9 Å². The molecule has 0 radical (unpaired) electrons. The third-order valence-corrected chi connectivity index (χ3v) is 3.28. The van der Waals surface area contributed by atoms with Gasteiger partial charge in [-0.2, -0.15) is 0 Å². The molecular weight excluding hydrogens is 306 g/mol. The van der Waals surface area contributed by atoms with Crippen LogP contribution in [0.2, 0.25) is 0 Å². The van der Waals surface area contributed by atoms with Crippen molar-refractivity contribution in [3.63, 3.8) is 0 Å². The Morgan fingerprint density at radius 2 is 1.89 bits per heavy atom. The number of amides is 1. The fourth-order valence-electron chi connectivity index (χ4n) is 1.70. The molecule has 0 fully saturated rings. The molecule has 1 amide bonds. The van der Waals surface area contributed by atoms with E-state index in [1.54, 1.807) is 13.0 Å². The van der Waals surface area contributed by atoms with E-state index < -0.39 is 0 Å². The quantitative estimate of drug-likeness (QED) is 0.817. The summed E-state index contributed by atoms with van der Waals surface area (Å²) in [6.07, 6.45) is 1.61. The number of hydrogen-bond donors (Lipinski definition) is 2. The number of rotatable bonds is 5. The van der Waals surface area contributed by atoms with Crippen LogP contribution in [0.4, 0.5) is 0 Å². The highest BCUT2D eigenvalue weighted by atomic mass is 79.9. The Labute approximate surface area is 122 Å².